The van der Waals surface area contributed by atoms with E-state index in [0.717, 1.165) is 32.1 Å². The monoisotopic (exact) mass is 256 g/mol. The van der Waals surface area contributed by atoms with Crippen molar-refractivity contribution in [3.8, 4) is 0 Å². The highest BCUT2D eigenvalue weighted by atomic mass is 16.6. The molecule has 2 saturated carbocycles. The van der Waals surface area contributed by atoms with Crippen molar-refractivity contribution in [2.24, 2.45) is 0 Å². The van der Waals surface area contributed by atoms with Crippen LogP contribution in [0, 0.1) is 0 Å². The van der Waals surface area contributed by atoms with E-state index in [1.54, 1.807) is 7.11 Å². The standard InChI is InChI=1S/C14H24O4/c1-3-7-17-14-12(15)9-13(14)18-11-6-4-5-10(8-11)16-2/h10-11,13-14H,3-9H2,1-2H3. The Morgan fingerprint density at radius 2 is 2.06 bits per heavy atom. The van der Waals surface area contributed by atoms with Gasteiger partial charge >= 0.3 is 0 Å². The number of ether oxygens (including phenoxy) is 3. The van der Waals surface area contributed by atoms with Gasteiger partial charge in [0.05, 0.1) is 18.3 Å². The Kier molecular flexibility index (Phi) is 5.15. The first-order chi connectivity index (χ1) is 8.74. The first-order valence-corrected chi connectivity index (χ1v) is 7.07. The Hall–Kier alpha value is -0.450. The number of hydrogen-bond acceptors (Lipinski definition) is 4. The van der Waals surface area contributed by atoms with Crippen molar-refractivity contribution in [3.63, 3.8) is 0 Å². The van der Waals surface area contributed by atoms with Crippen LogP contribution in [0.4, 0.5) is 0 Å². The Morgan fingerprint density at radius 1 is 1.28 bits per heavy atom. The maximum Gasteiger partial charge on any atom is 0.166 e. The Balaban J connectivity index is 1.76. The first kappa shape index (κ1) is 14.0. The molecule has 2 aliphatic rings. The summed E-state index contributed by atoms with van der Waals surface area (Å²) in [6.07, 6.45) is 5.95. The number of carbonyl (C=O) groups excluding carboxylic acids is 1. The molecule has 18 heavy (non-hydrogen) atoms. The molecule has 4 heteroatoms. The lowest BCUT2D eigenvalue weighted by molar-refractivity contribution is -0.178. The van der Waals surface area contributed by atoms with Crippen LogP contribution in [-0.2, 0) is 19.0 Å². The molecule has 0 heterocycles. The molecular formula is C14H24O4. The molecule has 2 rings (SSSR count). The Labute approximate surface area is 109 Å². The number of Topliss-reactive ketones (excluding diaryl/α,β-unsaturated/α-hetero) is 1. The van der Waals surface area contributed by atoms with Gasteiger partial charge in [0.2, 0.25) is 0 Å². The topological polar surface area (TPSA) is 44.8 Å². The van der Waals surface area contributed by atoms with E-state index < -0.39 is 0 Å². The summed E-state index contributed by atoms with van der Waals surface area (Å²) < 4.78 is 16.9. The molecule has 2 aliphatic carbocycles. The van der Waals surface area contributed by atoms with Crippen LogP contribution in [0.5, 0.6) is 0 Å². The van der Waals surface area contributed by atoms with Gasteiger partial charge in [-0.1, -0.05) is 6.92 Å². The van der Waals surface area contributed by atoms with Crippen molar-refractivity contribution in [2.45, 2.75) is 69.9 Å². The van der Waals surface area contributed by atoms with Crippen LogP contribution >= 0.6 is 0 Å². The predicted octanol–water partition coefficient (Wildman–Crippen LogP) is 2.10. The van der Waals surface area contributed by atoms with Crippen LogP contribution in [-0.4, -0.2) is 43.9 Å². The van der Waals surface area contributed by atoms with E-state index in [0.29, 0.717) is 19.1 Å². The quantitative estimate of drug-likeness (QED) is 0.730. The van der Waals surface area contributed by atoms with Crippen molar-refractivity contribution in [1.29, 1.82) is 0 Å². The molecule has 4 unspecified atom stereocenters. The minimum absolute atomic E-state index is 0.0235. The van der Waals surface area contributed by atoms with Gasteiger partial charge in [-0.05, 0) is 32.1 Å². The fraction of sp³-hybridized carbons (Fsp3) is 0.929. The zero-order valence-electron chi connectivity index (χ0n) is 11.4. The molecule has 0 N–H and O–H groups in total. The molecular weight excluding hydrogens is 232 g/mol. The largest absolute Gasteiger partial charge is 0.381 e. The fourth-order valence-corrected chi connectivity index (χ4v) is 2.72. The summed E-state index contributed by atoms with van der Waals surface area (Å²) in [5.74, 6) is 0.188. The lowest BCUT2D eigenvalue weighted by atomic mass is 9.88. The van der Waals surface area contributed by atoms with Crippen molar-refractivity contribution >= 4 is 5.78 Å². The number of methoxy groups -OCH3 is 1. The normalized spacial score (nSPS) is 36.4. The van der Waals surface area contributed by atoms with E-state index >= 15 is 0 Å². The number of carbonyl (C=O) groups is 1. The van der Waals surface area contributed by atoms with Crippen molar-refractivity contribution in [1.82, 2.24) is 0 Å². The van der Waals surface area contributed by atoms with Crippen LogP contribution < -0.4 is 0 Å². The van der Waals surface area contributed by atoms with Crippen molar-refractivity contribution in [3.05, 3.63) is 0 Å². The van der Waals surface area contributed by atoms with Crippen molar-refractivity contribution < 1.29 is 19.0 Å². The summed E-state index contributed by atoms with van der Waals surface area (Å²) in [5.41, 5.74) is 0. The third kappa shape index (κ3) is 3.31. The summed E-state index contributed by atoms with van der Waals surface area (Å²) in [6.45, 7) is 2.69. The molecule has 0 radical (unpaired) electrons. The minimum Gasteiger partial charge on any atom is -0.381 e. The molecule has 4 nitrogen and oxygen atoms in total. The minimum atomic E-state index is -0.312. The van der Waals surface area contributed by atoms with Crippen LogP contribution in [0.1, 0.15) is 45.4 Å². The predicted molar refractivity (Wildman–Crippen MR) is 67.6 cm³/mol. The highest BCUT2D eigenvalue weighted by molar-refractivity contribution is 5.90. The van der Waals surface area contributed by atoms with Crippen molar-refractivity contribution in [2.75, 3.05) is 13.7 Å². The summed E-state index contributed by atoms with van der Waals surface area (Å²) in [4.78, 5) is 11.5. The van der Waals surface area contributed by atoms with Gasteiger partial charge in [-0.15, -0.1) is 0 Å². The summed E-state index contributed by atoms with van der Waals surface area (Å²) >= 11 is 0. The smallest absolute Gasteiger partial charge is 0.166 e. The fourth-order valence-electron chi connectivity index (χ4n) is 2.72. The van der Waals surface area contributed by atoms with E-state index in [9.17, 15) is 4.79 Å². The molecule has 0 aliphatic heterocycles. The maximum atomic E-state index is 11.5. The maximum absolute atomic E-state index is 11.5. The molecule has 0 spiro atoms. The van der Waals surface area contributed by atoms with E-state index in [4.69, 9.17) is 14.2 Å². The highest BCUT2D eigenvalue weighted by Crippen LogP contribution is 2.30. The Bertz CT molecular complexity index is 279. The SMILES string of the molecule is CCCOC1C(=O)CC1OC1CCCC(OC)C1. The van der Waals surface area contributed by atoms with Crippen LogP contribution in [0.15, 0.2) is 0 Å². The van der Waals surface area contributed by atoms with Gasteiger partial charge in [-0.3, -0.25) is 4.79 Å². The van der Waals surface area contributed by atoms with E-state index in [2.05, 4.69) is 0 Å². The van der Waals surface area contributed by atoms with Gasteiger partial charge in [-0.25, -0.2) is 0 Å². The van der Waals surface area contributed by atoms with Crippen LogP contribution in [0.25, 0.3) is 0 Å². The second-order valence-corrected chi connectivity index (χ2v) is 5.28. The first-order valence-electron chi connectivity index (χ1n) is 7.07. The average Bonchev–Trinajstić information content (AvgIpc) is 2.39. The average molecular weight is 256 g/mol. The zero-order chi connectivity index (χ0) is 13.0. The second kappa shape index (κ2) is 6.64. The third-order valence-corrected chi connectivity index (χ3v) is 3.84. The number of rotatable bonds is 6. The molecule has 0 aromatic heterocycles. The molecule has 0 aromatic rings. The molecule has 2 fully saturated rings. The van der Waals surface area contributed by atoms with Gasteiger partial charge in [0.25, 0.3) is 0 Å². The number of ketones is 1. The number of hydrogen-bond donors (Lipinski definition) is 0. The van der Waals surface area contributed by atoms with Gasteiger partial charge < -0.3 is 14.2 Å². The lowest BCUT2D eigenvalue weighted by Gasteiger charge is -2.39. The molecule has 0 aromatic carbocycles. The van der Waals surface area contributed by atoms with E-state index in [-0.39, 0.29) is 24.1 Å². The molecule has 0 bridgehead atoms. The van der Waals surface area contributed by atoms with Gasteiger partial charge in [0.1, 0.15) is 6.10 Å². The molecule has 0 amide bonds. The summed E-state index contributed by atoms with van der Waals surface area (Å²) in [6, 6.07) is 0. The van der Waals surface area contributed by atoms with Gasteiger partial charge in [0, 0.05) is 20.1 Å². The van der Waals surface area contributed by atoms with Gasteiger partial charge in [-0.2, -0.15) is 0 Å². The van der Waals surface area contributed by atoms with E-state index in [1.165, 1.54) is 0 Å². The second-order valence-electron chi connectivity index (χ2n) is 5.28. The molecule has 0 saturated heterocycles. The Morgan fingerprint density at radius 3 is 2.72 bits per heavy atom. The highest BCUT2D eigenvalue weighted by Gasteiger charge is 2.43. The lowest BCUT2D eigenvalue weighted by Crippen LogP contribution is -2.52. The van der Waals surface area contributed by atoms with E-state index in [1.807, 2.05) is 6.92 Å². The molecule has 104 valence electrons. The zero-order valence-corrected chi connectivity index (χ0v) is 11.4. The summed E-state index contributed by atoms with van der Waals surface area (Å²) in [5, 5.41) is 0. The molecule has 4 atom stereocenters. The van der Waals surface area contributed by atoms with Crippen LogP contribution in [0.2, 0.25) is 0 Å². The summed E-state index contributed by atoms with van der Waals surface area (Å²) in [7, 11) is 1.76. The van der Waals surface area contributed by atoms with Gasteiger partial charge in [0.15, 0.2) is 5.78 Å². The van der Waals surface area contributed by atoms with Crippen LogP contribution in [0.3, 0.4) is 0 Å². The third-order valence-electron chi connectivity index (χ3n) is 3.84.